The zero-order valence-electron chi connectivity index (χ0n) is 14.9. The zero-order chi connectivity index (χ0) is 17.9. The van der Waals surface area contributed by atoms with Gasteiger partial charge in [-0.2, -0.15) is 0 Å². The van der Waals surface area contributed by atoms with Gasteiger partial charge < -0.3 is 14.2 Å². The van der Waals surface area contributed by atoms with Gasteiger partial charge in [-0.3, -0.25) is 9.59 Å². The lowest BCUT2D eigenvalue weighted by Crippen LogP contribution is -2.57. The van der Waals surface area contributed by atoms with E-state index < -0.39 is 0 Å². The zero-order valence-corrected chi connectivity index (χ0v) is 14.9. The van der Waals surface area contributed by atoms with Gasteiger partial charge in [0.25, 0.3) is 5.91 Å². The number of nitrogens with zero attached hydrogens (tertiary/aromatic N) is 2. The molecule has 3 aliphatic rings. The van der Waals surface area contributed by atoms with Gasteiger partial charge in [0.15, 0.2) is 11.4 Å². The number of fused-ring (bicyclic) bond motifs is 3. The van der Waals surface area contributed by atoms with E-state index in [4.69, 9.17) is 4.74 Å². The van der Waals surface area contributed by atoms with E-state index in [1.54, 1.807) is 6.20 Å². The van der Waals surface area contributed by atoms with Crippen LogP contribution in [0.5, 0.6) is 5.75 Å². The van der Waals surface area contributed by atoms with Gasteiger partial charge in [0.2, 0.25) is 5.43 Å². The molecule has 134 valence electrons. The Morgan fingerprint density at radius 2 is 2.00 bits per heavy atom. The molecule has 2 aromatic rings. The summed E-state index contributed by atoms with van der Waals surface area (Å²) in [5.74, 6) is 1.47. The lowest BCUT2D eigenvalue weighted by atomic mass is 9.88. The monoisotopic (exact) mass is 350 g/mol. The van der Waals surface area contributed by atoms with Crippen LogP contribution >= 0.6 is 0 Å². The van der Waals surface area contributed by atoms with Crippen molar-refractivity contribution in [2.45, 2.75) is 38.0 Å². The molecule has 0 saturated heterocycles. The molecular weight excluding hydrogens is 328 g/mol. The van der Waals surface area contributed by atoms with Gasteiger partial charge in [0.1, 0.15) is 6.61 Å². The number of carbonyl (C=O) groups is 1. The fraction of sp³-hybridized carbons (Fsp3) is 0.429. The second-order valence-electron chi connectivity index (χ2n) is 7.87. The van der Waals surface area contributed by atoms with Crippen molar-refractivity contribution in [3.63, 3.8) is 0 Å². The highest BCUT2D eigenvalue weighted by atomic mass is 16.5. The van der Waals surface area contributed by atoms with Crippen LogP contribution in [0, 0.1) is 11.8 Å². The van der Waals surface area contributed by atoms with Crippen molar-refractivity contribution in [1.29, 1.82) is 0 Å². The quantitative estimate of drug-likeness (QED) is 0.855. The van der Waals surface area contributed by atoms with Gasteiger partial charge in [-0.25, -0.2) is 0 Å². The van der Waals surface area contributed by atoms with Crippen LogP contribution in [-0.2, 0) is 13.2 Å². The number of pyridine rings is 1. The van der Waals surface area contributed by atoms with Crippen molar-refractivity contribution in [3.8, 4) is 5.75 Å². The Bertz CT molecular complexity index is 936. The fourth-order valence-electron chi connectivity index (χ4n) is 5.00. The molecule has 1 aromatic carbocycles. The Hall–Kier alpha value is -2.56. The van der Waals surface area contributed by atoms with Crippen LogP contribution in [0.2, 0.25) is 0 Å². The molecule has 0 N–H and O–H groups in total. The molecule has 1 aliphatic heterocycles. The normalized spacial score (nSPS) is 28.8. The lowest BCUT2D eigenvalue weighted by molar-refractivity contribution is 0.0341. The minimum Gasteiger partial charge on any atom is -0.483 e. The van der Waals surface area contributed by atoms with Crippen molar-refractivity contribution in [2.24, 2.45) is 11.8 Å². The number of amides is 1. The number of benzene rings is 1. The van der Waals surface area contributed by atoms with E-state index in [0.717, 1.165) is 24.4 Å². The summed E-state index contributed by atoms with van der Waals surface area (Å²) in [6.07, 6.45) is 5.24. The lowest BCUT2D eigenvalue weighted by Gasteiger charge is -2.45. The number of ether oxygens (including phenoxy) is 1. The summed E-state index contributed by atoms with van der Waals surface area (Å²) in [5, 5.41) is 0. The third-order valence-corrected chi connectivity index (χ3v) is 6.54. The molecule has 2 saturated carbocycles. The van der Waals surface area contributed by atoms with E-state index in [2.05, 4.69) is 0 Å². The molecule has 5 nitrogen and oxygen atoms in total. The average Bonchev–Trinajstić information content (AvgIpc) is 3.37. The number of hydrogen-bond donors (Lipinski definition) is 0. The first kappa shape index (κ1) is 15.7. The standard InChI is InChI=1S/C21H22N2O3/c1-22-20(25)18-19(26-12-14-5-3-2-4-6-14)17(24)8-10-23(18)13-21(22)9-7-15-11-16(15)21/h2-6,8,10,15-16H,7,9,11-13H2,1H3/t15-,16+,21?/m1/s1. The van der Waals surface area contributed by atoms with Crippen LogP contribution in [0.15, 0.2) is 47.4 Å². The maximum atomic E-state index is 13.2. The summed E-state index contributed by atoms with van der Waals surface area (Å²) in [6.45, 7) is 1.04. The van der Waals surface area contributed by atoms with Crippen LogP contribution in [-0.4, -0.2) is 28.0 Å². The summed E-state index contributed by atoms with van der Waals surface area (Å²) in [7, 11) is 1.89. The third-order valence-electron chi connectivity index (χ3n) is 6.54. The number of hydrogen-bond acceptors (Lipinski definition) is 3. The molecule has 1 unspecified atom stereocenters. The Balaban J connectivity index is 1.52. The minimum absolute atomic E-state index is 0.0828. The smallest absolute Gasteiger partial charge is 0.274 e. The highest BCUT2D eigenvalue weighted by Gasteiger charge is 2.62. The molecule has 2 aliphatic carbocycles. The first-order valence-electron chi connectivity index (χ1n) is 9.28. The van der Waals surface area contributed by atoms with Crippen molar-refractivity contribution in [1.82, 2.24) is 9.47 Å². The molecule has 2 fully saturated rings. The summed E-state index contributed by atoms with van der Waals surface area (Å²) < 4.78 is 7.80. The van der Waals surface area contributed by atoms with Crippen molar-refractivity contribution >= 4 is 5.91 Å². The van der Waals surface area contributed by atoms with Crippen LogP contribution in [0.1, 0.15) is 35.3 Å². The number of rotatable bonds is 3. The van der Waals surface area contributed by atoms with Crippen molar-refractivity contribution in [3.05, 3.63) is 64.1 Å². The molecular formula is C21H22N2O3. The van der Waals surface area contributed by atoms with Gasteiger partial charge in [-0.05, 0) is 36.7 Å². The van der Waals surface area contributed by atoms with Gasteiger partial charge in [-0.1, -0.05) is 30.3 Å². The third kappa shape index (κ3) is 2.16. The molecule has 0 bridgehead atoms. The van der Waals surface area contributed by atoms with Gasteiger partial charge in [0.05, 0.1) is 5.54 Å². The summed E-state index contributed by atoms with van der Waals surface area (Å²) in [4.78, 5) is 27.6. The van der Waals surface area contributed by atoms with E-state index >= 15 is 0 Å². The molecule has 1 spiro atoms. The predicted octanol–water partition coefficient (Wildman–Crippen LogP) is 2.68. The Kier molecular flexibility index (Phi) is 3.30. The maximum Gasteiger partial charge on any atom is 0.274 e. The second-order valence-corrected chi connectivity index (χ2v) is 7.87. The highest BCUT2D eigenvalue weighted by molar-refractivity contribution is 5.96. The molecule has 3 atom stereocenters. The molecule has 2 heterocycles. The topological polar surface area (TPSA) is 51.5 Å². The number of aromatic nitrogens is 1. The van der Waals surface area contributed by atoms with E-state index in [1.165, 1.54) is 18.9 Å². The summed E-state index contributed by atoms with van der Waals surface area (Å²) in [5.41, 5.74) is 1.05. The van der Waals surface area contributed by atoms with Crippen LogP contribution in [0.25, 0.3) is 0 Å². The SMILES string of the molecule is CN1C(=O)c2c(OCc3ccccc3)c(=O)ccn2CC12CC[C@@H]1C[C@@H]12. The van der Waals surface area contributed by atoms with E-state index in [0.29, 0.717) is 11.6 Å². The Labute approximate surface area is 152 Å². The average molecular weight is 350 g/mol. The summed E-state index contributed by atoms with van der Waals surface area (Å²) >= 11 is 0. The molecule has 1 aromatic heterocycles. The second kappa shape index (κ2) is 5.47. The predicted molar refractivity (Wildman–Crippen MR) is 97.1 cm³/mol. The first-order valence-corrected chi connectivity index (χ1v) is 9.28. The van der Waals surface area contributed by atoms with E-state index in [1.807, 2.05) is 46.8 Å². The van der Waals surface area contributed by atoms with Crippen molar-refractivity contribution < 1.29 is 9.53 Å². The van der Waals surface area contributed by atoms with Gasteiger partial charge >= 0.3 is 0 Å². The number of carbonyl (C=O) groups excluding carboxylic acids is 1. The summed E-state index contributed by atoms with van der Waals surface area (Å²) in [6, 6.07) is 11.2. The van der Waals surface area contributed by atoms with Gasteiger partial charge in [-0.15, -0.1) is 0 Å². The Morgan fingerprint density at radius 1 is 1.19 bits per heavy atom. The first-order chi connectivity index (χ1) is 12.6. The molecule has 0 radical (unpaired) electrons. The number of likely N-dealkylation sites (N-methyl/N-ethyl adjacent to an activating group) is 1. The molecule has 1 amide bonds. The van der Waals surface area contributed by atoms with E-state index in [-0.39, 0.29) is 29.2 Å². The maximum absolute atomic E-state index is 13.2. The molecule has 5 heteroatoms. The Morgan fingerprint density at radius 3 is 2.69 bits per heavy atom. The minimum atomic E-state index is -0.236. The van der Waals surface area contributed by atoms with Gasteiger partial charge in [0, 0.05) is 25.9 Å². The fourth-order valence-corrected chi connectivity index (χ4v) is 5.00. The van der Waals surface area contributed by atoms with Crippen LogP contribution < -0.4 is 10.2 Å². The van der Waals surface area contributed by atoms with Crippen LogP contribution in [0.3, 0.4) is 0 Å². The van der Waals surface area contributed by atoms with E-state index in [9.17, 15) is 9.59 Å². The van der Waals surface area contributed by atoms with Crippen molar-refractivity contribution in [2.75, 3.05) is 7.05 Å². The molecule has 5 rings (SSSR count). The highest BCUT2D eigenvalue weighted by Crippen LogP contribution is 2.61. The molecule has 26 heavy (non-hydrogen) atoms. The van der Waals surface area contributed by atoms with Crippen LogP contribution in [0.4, 0.5) is 0 Å². The largest absolute Gasteiger partial charge is 0.483 e.